The van der Waals surface area contributed by atoms with Crippen LogP contribution in [0, 0.1) is 0 Å². The van der Waals surface area contributed by atoms with Crippen LogP contribution in [-0.4, -0.2) is 14.2 Å². The normalized spacial score (nSPS) is 23.1. The van der Waals surface area contributed by atoms with Crippen LogP contribution < -0.4 is 5.73 Å². The van der Waals surface area contributed by atoms with Crippen molar-refractivity contribution in [2.75, 3.05) is 5.75 Å². The van der Waals surface area contributed by atoms with Crippen molar-refractivity contribution in [2.24, 2.45) is 5.73 Å². The van der Waals surface area contributed by atoms with Gasteiger partial charge in [0.05, 0.1) is 10.6 Å². The Hall–Kier alpha value is -0.870. The van der Waals surface area contributed by atoms with E-state index in [0.717, 1.165) is 11.1 Å². The molecule has 1 aromatic rings. The van der Waals surface area contributed by atoms with Gasteiger partial charge < -0.3 is 5.73 Å². The van der Waals surface area contributed by atoms with Crippen LogP contribution in [0.3, 0.4) is 0 Å². The first kappa shape index (κ1) is 11.6. The van der Waals surface area contributed by atoms with Crippen molar-refractivity contribution in [2.45, 2.75) is 37.1 Å². The van der Waals surface area contributed by atoms with E-state index in [1.807, 2.05) is 12.1 Å². The molecule has 88 valence electrons. The maximum Gasteiger partial charge on any atom is 0.178 e. The van der Waals surface area contributed by atoms with Gasteiger partial charge in [0.25, 0.3) is 0 Å². The highest BCUT2D eigenvalue weighted by Crippen LogP contribution is 2.32. The molecule has 16 heavy (non-hydrogen) atoms. The molecule has 2 N–H and O–H groups in total. The summed E-state index contributed by atoms with van der Waals surface area (Å²) in [5.41, 5.74) is 7.91. The summed E-state index contributed by atoms with van der Waals surface area (Å²) in [5.74, 6) is 0.560. The second kappa shape index (κ2) is 3.86. The molecule has 0 spiro atoms. The Morgan fingerprint density at radius 3 is 2.69 bits per heavy atom. The van der Waals surface area contributed by atoms with Crippen molar-refractivity contribution in [3.05, 3.63) is 29.3 Å². The summed E-state index contributed by atoms with van der Waals surface area (Å²) in [4.78, 5) is 0.427. The van der Waals surface area contributed by atoms with Gasteiger partial charge in [-0.3, -0.25) is 0 Å². The number of benzene rings is 1. The SMILES string of the molecule is CC(C)c1ccc2c(c1)C(N)CCS2(=O)=O. The molecule has 1 aliphatic heterocycles. The number of rotatable bonds is 1. The van der Waals surface area contributed by atoms with Crippen molar-refractivity contribution in [3.8, 4) is 0 Å². The monoisotopic (exact) mass is 239 g/mol. The third kappa shape index (κ3) is 1.87. The topological polar surface area (TPSA) is 60.2 Å². The molecule has 3 nitrogen and oxygen atoms in total. The zero-order chi connectivity index (χ0) is 11.9. The van der Waals surface area contributed by atoms with Crippen molar-refractivity contribution in [3.63, 3.8) is 0 Å². The van der Waals surface area contributed by atoms with E-state index in [4.69, 9.17) is 5.73 Å². The summed E-state index contributed by atoms with van der Waals surface area (Å²) < 4.78 is 23.7. The Morgan fingerprint density at radius 1 is 1.38 bits per heavy atom. The van der Waals surface area contributed by atoms with Crippen LogP contribution in [0.1, 0.15) is 43.4 Å². The Bertz CT molecular complexity index is 506. The van der Waals surface area contributed by atoms with Crippen LogP contribution in [0.5, 0.6) is 0 Å². The van der Waals surface area contributed by atoms with Crippen molar-refractivity contribution in [1.29, 1.82) is 0 Å². The maximum atomic E-state index is 11.8. The molecule has 4 heteroatoms. The highest BCUT2D eigenvalue weighted by molar-refractivity contribution is 7.91. The molecule has 1 aliphatic rings. The zero-order valence-electron chi connectivity index (χ0n) is 9.60. The van der Waals surface area contributed by atoms with Crippen LogP contribution in [0.25, 0.3) is 0 Å². The number of hydrogen-bond acceptors (Lipinski definition) is 3. The Labute approximate surface area is 96.6 Å². The summed E-state index contributed by atoms with van der Waals surface area (Å²) in [7, 11) is -3.10. The van der Waals surface area contributed by atoms with Gasteiger partial charge in [0.15, 0.2) is 9.84 Å². The van der Waals surface area contributed by atoms with Gasteiger partial charge in [0, 0.05) is 6.04 Å². The molecule has 0 amide bonds. The van der Waals surface area contributed by atoms with Gasteiger partial charge in [0.1, 0.15) is 0 Å². The molecular formula is C12H17NO2S. The van der Waals surface area contributed by atoms with Crippen LogP contribution in [0.15, 0.2) is 23.1 Å². The van der Waals surface area contributed by atoms with E-state index in [0.29, 0.717) is 17.2 Å². The number of hydrogen-bond donors (Lipinski definition) is 1. The molecule has 2 rings (SSSR count). The van der Waals surface area contributed by atoms with E-state index >= 15 is 0 Å². The lowest BCUT2D eigenvalue weighted by atomic mass is 9.97. The highest BCUT2D eigenvalue weighted by Gasteiger charge is 2.28. The van der Waals surface area contributed by atoms with Crippen molar-refractivity contribution in [1.82, 2.24) is 0 Å². The summed E-state index contributed by atoms with van der Waals surface area (Å²) in [5, 5.41) is 0. The minimum Gasteiger partial charge on any atom is -0.324 e. The van der Waals surface area contributed by atoms with E-state index in [1.54, 1.807) is 6.07 Å². The number of fused-ring (bicyclic) bond motifs is 1. The largest absolute Gasteiger partial charge is 0.324 e. The first-order chi connectivity index (χ1) is 7.42. The summed E-state index contributed by atoms with van der Waals surface area (Å²) in [6.45, 7) is 4.18. The first-order valence-electron chi connectivity index (χ1n) is 5.54. The van der Waals surface area contributed by atoms with Crippen LogP contribution >= 0.6 is 0 Å². The predicted molar refractivity (Wildman–Crippen MR) is 64.1 cm³/mol. The maximum absolute atomic E-state index is 11.8. The molecule has 1 heterocycles. The lowest BCUT2D eigenvalue weighted by Gasteiger charge is -2.23. The third-order valence-electron chi connectivity index (χ3n) is 3.13. The number of sulfone groups is 1. The molecule has 0 aromatic heterocycles. The summed E-state index contributed by atoms with van der Waals surface area (Å²) in [6.07, 6.45) is 0.525. The van der Waals surface area contributed by atoms with Crippen molar-refractivity contribution < 1.29 is 8.42 Å². The standard InChI is InChI=1S/C12H17NO2S/c1-8(2)9-3-4-12-10(7-9)11(13)5-6-16(12,14)15/h3-4,7-8,11H,5-6,13H2,1-2H3. The lowest BCUT2D eigenvalue weighted by molar-refractivity contribution is 0.568. The fraction of sp³-hybridized carbons (Fsp3) is 0.500. The van der Waals surface area contributed by atoms with Crippen LogP contribution in [0.4, 0.5) is 0 Å². The van der Waals surface area contributed by atoms with Gasteiger partial charge in [-0.25, -0.2) is 8.42 Å². The van der Waals surface area contributed by atoms with Gasteiger partial charge in [0.2, 0.25) is 0 Å². The van der Waals surface area contributed by atoms with Gasteiger partial charge in [-0.05, 0) is 29.5 Å². The third-order valence-corrected chi connectivity index (χ3v) is 4.95. The Kier molecular flexibility index (Phi) is 2.80. The van der Waals surface area contributed by atoms with E-state index in [1.165, 1.54) is 0 Å². The Morgan fingerprint density at radius 2 is 2.06 bits per heavy atom. The minimum absolute atomic E-state index is 0.141. The van der Waals surface area contributed by atoms with Crippen molar-refractivity contribution >= 4 is 9.84 Å². The number of nitrogens with two attached hydrogens (primary N) is 1. The average Bonchev–Trinajstić information content (AvgIpc) is 2.23. The Balaban J connectivity index is 2.61. The molecule has 1 aromatic carbocycles. The quantitative estimate of drug-likeness (QED) is 0.815. The summed E-state index contributed by atoms with van der Waals surface area (Å²) in [6, 6.07) is 5.40. The smallest absolute Gasteiger partial charge is 0.178 e. The molecule has 0 radical (unpaired) electrons. The van der Waals surface area contributed by atoms with Gasteiger partial charge in [-0.2, -0.15) is 0 Å². The van der Waals surface area contributed by atoms with E-state index in [2.05, 4.69) is 13.8 Å². The molecule has 0 fully saturated rings. The lowest BCUT2D eigenvalue weighted by Crippen LogP contribution is -2.25. The van der Waals surface area contributed by atoms with Gasteiger partial charge >= 0.3 is 0 Å². The molecular weight excluding hydrogens is 222 g/mol. The van der Waals surface area contributed by atoms with Crippen LogP contribution in [0.2, 0.25) is 0 Å². The molecule has 0 aliphatic carbocycles. The fourth-order valence-electron chi connectivity index (χ4n) is 2.05. The predicted octanol–water partition coefficient (Wildman–Crippen LogP) is 1.99. The van der Waals surface area contributed by atoms with Crippen LogP contribution in [-0.2, 0) is 9.84 Å². The molecule has 0 saturated carbocycles. The van der Waals surface area contributed by atoms with E-state index in [-0.39, 0.29) is 11.8 Å². The summed E-state index contributed by atoms with van der Waals surface area (Å²) >= 11 is 0. The second-order valence-corrected chi connectivity index (χ2v) is 6.74. The van der Waals surface area contributed by atoms with Gasteiger partial charge in [-0.1, -0.05) is 26.0 Å². The average molecular weight is 239 g/mol. The fourth-order valence-corrected chi connectivity index (χ4v) is 3.68. The molecule has 0 bridgehead atoms. The second-order valence-electron chi connectivity index (χ2n) is 4.67. The zero-order valence-corrected chi connectivity index (χ0v) is 10.4. The van der Waals surface area contributed by atoms with E-state index < -0.39 is 9.84 Å². The highest BCUT2D eigenvalue weighted by atomic mass is 32.2. The van der Waals surface area contributed by atoms with Gasteiger partial charge in [-0.15, -0.1) is 0 Å². The van der Waals surface area contributed by atoms with E-state index in [9.17, 15) is 8.42 Å². The molecule has 1 unspecified atom stereocenters. The minimum atomic E-state index is -3.10. The molecule has 0 saturated heterocycles. The first-order valence-corrected chi connectivity index (χ1v) is 7.19. The molecule has 1 atom stereocenters.